The van der Waals surface area contributed by atoms with Crippen LogP contribution in [0.25, 0.3) is 0 Å². The molecule has 9 heteroatoms. The van der Waals surface area contributed by atoms with Gasteiger partial charge in [0.2, 0.25) is 10.0 Å². The molecule has 2 amide bonds. The fourth-order valence-electron chi connectivity index (χ4n) is 1.80. The number of aryl methyl sites for hydroxylation is 2. The molecule has 0 unspecified atom stereocenters. The quantitative estimate of drug-likeness (QED) is 0.624. The third-order valence-corrected chi connectivity index (χ3v) is 4.46. The first-order chi connectivity index (χ1) is 9.29. The molecule has 0 spiro atoms. The van der Waals surface area contributed by atoms with Gasteiger partial charge >= 0.3 is 6.03 Å². The molecule has 1 aromatic heterocycles. The van der Waals surface area contributed by atoms with E-state index in [2.05, 4.69) is 20.5 Å². The molecule has 0 saturated heterocycles. The molecule has 0 aromatic carbocycles. The van der Waals surface area contributed by atoms with Crippen molar-refractivity contribution in [1.82, 2.24) is 25.1 Å². The first-order valence-electron chi connectivity index (χ1n) is 6.31. The van der Waals surface area contributed by atoms with Crippen LogP contribution < -0.4 is 15.4 Å². The normalized spacial score (nSPS) is 11.4. The van der Waals surface area contributed by atoms with Gasteiger partial charge in [-0.1, -0.05) is 0 Å². The number of nitrogens with zero attached hydrogens (tertiary/aromatic N) is 2. The Morgan fingerprint density at radius 2 is 1.90 bits per heavy atom. The van der Waals surface area contributed by atoms with Gasteiger partial charge in [-0.05, 0) is 20.8 Å². The Balaban J connectivity index is 2.61. The fourth-order valence-corrected chi connectivity index (χ4v) is 3.27. The number of carbonyl (C=O) groups excluding carboxylic acids is 1. The zero-order valence-electron chi connectivity index (χ0n) is 12.1. The van der Waals surface area contributed by atoms with E-state index >= 15 is 0 Å². The van der Waals surface area contributed by atoms with Gasteiger partial charge < -0.3 is 10.6 Å². The summed E-state index contributed by atoms with van der Waals surface area (Å²) in [4.78, 5) is 11.3. The highest BCUT2D eigenvalue weighted by Gasteiger charge is 2.23. The molecule has 1 rings (SSSR count). The molecule has 8 nitrogen and oxygen atoms in total. The van der Waals surface area contributed by atoms with E-state index < -0.39 is 10.0 Å². The summed E-state index contributed by atoms with van der Waals surface area (Å²) in [5, 5.41) is 9.18. The van der Waals surface area contributed by atoms with Gasteiger partial charge in [0.15, 0.2) is 0 Å². The highest BCUT2D eigenvalue weighted by Crippen LogP contribution is 2.17. The molecule has 3 N–H and O–H groups in total. The Bertz CT molecular complexity index is 579. The predicted molar refractivity (Wildman–Crippen MR) is 74.9 cm³/mol. The summed E-state index contributed by atoms with van der Waals surface area (Å²) in [6, 6.07) is -0.319. The Morgan fingerprint density at radius 1 is 1.25 bits per heavy atom. The number of rotatable bonds is 6. The van der Waals surface area contributed by atoms with Gasteiger partial charge in [-0.3, -0.25) is 4.68 Å². The van der Waals surface area contributed by atoms with Crippen LogP contribution in [-0.2, 0) is 17.1 Å². The number of hydrogen-bond acceptors (Lipinski definition) is 4. The smallest absolute Gasteiger partial charge is 0.314 e. The summed E-state index contributed by atoms with van der Waals surface area (Å²) >= 11 is 0. The molecule has 20 heavy (non-hydrogen) atoms. The van der Waals surface area contributed by atoms with Crippen molar-refractivity contribution in [2.24, 2.45) is 7.05 Å². The second-order valence-electron chi connectivity index (χ2n) is 4.31. The van der Waals surface area contributed by atoms with Crippen molar-refractivity contribution in [1.29, 1.82) is 0 Å². The second-order valence-corrected chi connectivity index (χ2v) is 6.01. The maximum atomic E-state index is 12.2. The third-order valence-electron chi connectivity index (χ3n) is 2.75. The van der Waals surface area contributed by atoms with Crippen LogP contribution in [0.5, 0.6) is 0 Å². The zero-order valence-corrected chi connectivity index (χ0v) is 13.0. The largest absolute Gasteiger partial charge is 0.338 e. The maximum absolute atomic E-state index is 12.2. The summed E-state index contributed by atoms with van der Waals surface area (Å²) in [6.07, 6.45) is 0. The van der Waals surface area contributed by atoms with E-state index in [1.807, 2.05) is 0 Å². The molecular weight excluding hydrogens is 282 g/mol. The lowest BCUT2D eigenvalue weighted by atomic mass is 10.4. The lowest BCUT2D eigenvalue weighted by Crippen LogP contribution is -2.40. The van der Waals surface area contributed by atoms with E-state index in [0.717, 1.165) is 0 Å². The van der Waals surface area contributed by atoms with E-state index in [-0.39, 0.29) is 24.0 Å². The van der Waals surface area contributed by atoms with Crippen LogP contribution in [0.3, 0.4) is 0 Å². The van der Waals surface area contributed by atoms with Crippen molar-refractivity contribution in [2.75, 3.05) is 19.6 Å². The molecule has 0 radical (unpaired) electrons. The van der Waals surface area contributed by atoms with Crippen molar-refractivity contribution < 1.29 is 13.2 Å². The maximum Gasteiger partial charge on any atom is 0.314 e. The molecule has 0 atom stereocenters. The van der Waals surface area contributed by atoms with Crippen molar-refractivity contribution in [3.05, 3.63) is 11.4 Å². The minimum absolute atomic E-state index is 0.118. The van der Waals surface area contributed by atoms with Crippen molar-refractivity contribution >= 4 is 16.1 Å². The highest BCUT2D eigenvalue weighted by atomic mass is 32.2. The van der Waals surface area contributed by atoms with Crippen LogP contribution in [0, 0.1) is 13.8 Å². The fraction of sp³-hybridized carbons (Fsp3) is 0.636. The van der Waals surface area contributed by atoms with Gasteiger partial charge in [-0.2, -0.15) is 5.10 Å². The molecule has 0 bridgehead atoms. The van der Waals surface area contributed by atoms with Crippen molar-refractivity contribution in [3.8, 4) is 0 Å². The van der Waals surface area contributed by atoms with Crippen LogP contribution in [0.4, 0.5) is 4.79 Å². The monoisotopic (exact) mass is 303 g/mol. The summed E-state index contributed by atoms with van der Waals surface area (Å²) in [6.45, 7) is 5.99. The van der Waals surface area contributed by atoms with Gasteiger partial charge in [0, 0.05) is 26.7 Å². The summed E-state index contributed by atoms with van der Waals surface area (Å²) in [7, 11) is -1.92. The van der Waals surface area contributed by atoms with Crippen LogP contribution >= 0.6 is 0 Å². The highest BCUT2D eigenvalue weighted by molar-refractivity contribution is 7.89. The molecule has 0 aliphatic heterocycles. The minimum atomic E-state index is -3.62. The Kier molecular flexibility index (Phi) is 5.52. The standard InChI is InChI=1S/C11H21N5O3S/c1-5-12-11(17)13-6-7-14-20(18,19)10-8(2)15-16(4)9(10)3/h14H,5-7H2,1-4H3,(H2,12,13,17). The first-order valence-corrected chi connectivity index (χ1v) is 7.79. The topological polar surface area (TPSA) is 105 Å². The van der Waals surface area contributed by atoms with Crippen molar-refractivity contribution in [3.63, 3.8) is 0 Å². The number of hydrogen-bond donors (Lipinski definition) is 3. The van der Waals surface area contributed by atoms with Gasteiger partial charge in [-0.15, -0.1) is 0 Å². The van der Waals surface area contributed by atoms with E-state index in [1.165, 1.54) is 4.68 Å². The average Bonchev–Trinajstić information content (AvgIpc) is 2.60. The van der Waals surface area contributed by atoms with E-state index in [9.17, 15) is 13.2 Å². The average molecular weight is 303 g/mol. The van der Waals surface area contributed by atoms with E-state index in [0.29, 0.717) is 17.9 Å². The molecule has 0 aliphatic carbocycles. The van der Waals surface area contributed by atoms with E-state index in [4.69, 9.17) is 0 Å². The SMILES string of the molecule is CCNC(=O)NCCNS(=O)(=O)c1c(C)nn(C)c1C. The van der Waals surface area contributed by atoms with Crippen LogP contribution in [0.2, 0.25) is 0 Å². The first kappa shape index (κ1) is 16.4. The summed E-state index contributed by atoms with van der Waals surface area (Å²) in [5.41, 5.74) is 1.03. The molecular formula is C11H21N5O3S. The molecule has 0 aliphatic rings. The van der Waals surface area contributed by atoms with Crippen molar-refractivity contribution in [2.45, 2.75) is 25.7 Å². The van der Waals surface area contributed by atoms with Crippen LogP contribution in [0.15, 0.2) is 4.90 Å². The molecule has 1 aromatic rings. The molecule has 0 fully saturated rings. The second kappa shape index (κ2) is 6.71. The number of urea groups is 1. The van der Waals surface area contributed by atoms with Gasteiger partial charge in [-0.25, -0.2) is 17.9 Å². The predicted octanol–water partition coefficient (Wildman–Crippen LogP) is -0.366. The summed E-state index contributed by atoms with van der Waals surface area (Å²) in [5.74, 6) is 0. The number of amides is 2. The molecule has 0 saturated carbocycles. The van der Waals surface area contributed by atoms with Gasteiger partial charge in [0.25, 0.3) is 0 Å². The minimum Gasteiger partial charge on any atom is -0.338 e. The molecule has 1 heterocycles. The zero-order chi connectivity index (χ0) is 15.3. The van der Waals surface area contributed by atoms with E-state index in [1.54, 1.807) is 27.8 Å². The Labute approximate surface area is 119 Å². The van der Waals surface area contributed by atoms with Crippen LogP contribution in [-0.4, -0.2) is 43.9 Å². The number of carbonyl (C=O) groups is 1. The lowest BCUT2D eigenvalue weighted by Gasteiger charge is -2.08. The van der Waals surface area contributed by atoms with Crippen LogP contribution in [0.1, 0.15) is 18.3 Å². The summed E-state index contributed by atoms with van der Waals surface area (Å²) < 4.78 is 28.3. The Hall–Kier alpha value is -1.61. The van der Waals surface area contributed by atoms with Gasteiger partial charge in [0.1, 0.15) is 4.90 Å². The Morgan fingerprint density at radius 3 is 2.40 bits per heavy atom. The van der Waals surface area contributed by atoms with Gasteiger partial charge in [0.05, 0.1) is 11.4 Å². The number of aromatic nitrogens is 2. The third kappa shape index (κ3) is 3.94. The lowest BCUT2D eigenvalue weighted by molar-refractivity contribution is 0.241. The number of nitrogens with one attached hydrogen (secondary N) is 3. The molecule has 114 valence electrons. The number of sulfonamides is 1.